The zero-order chi connectivity index (χ0) is 15.4. The molecule has 2 N–H and O–H groups in total. The average Bonchev–Trinajstić information content (AvgIpc) is 2.79. The number of rotatable bonds is 5. The van der Waals surface area contributed by atoms with Crippen LogP contribution in [0.4, 0.5) is 10.5 Å². The first-order valence-corrected chi connectivity index (χ1v) is 7.90. The predicted molar refractivity (Wildman–Crippen MR) is 83.2 cm³/mol. The highest BCUT2D eigenvalue weighted by atomic mass is 32.2. The number of anilines is 1. The molecule has 1 aliphatic rings. The number of thioether (sulfide) groups is 1. The van der Waals surface area contributed by atoms with Gasteiger partial charge in [-0.15, -0.1) is 0 Å². The number of carbonyl (C=O) groups excluding carboxylic acids is 2. The Morgan fingerprint density at radius 2 is 2.05 bits per heavy atom. The minimum Gasteiger partial charge on any atom is -0.411 e. The Hall–Kier alpha value is -2.02. The lowest BCUT2D eigenvalue weighted by atomic mass is 10.1. The first-order valence-electron chi connectivity index (χ1n) is 6.51. The summed E-state index contributed by atoms with van der Waals surface area (Å²) in [6, 6.07) is 5.90. The van der Waals surface area contributed by atoms with E-state index in [1.165, 1.54) is 0 Å². The van der Waals surface area contributed by atoms with Gasteiger partial charge < -0.3 is 10.5 Å². The fourth-order valence-corrected chi connectivity index (χ4v) is 2.59. The standard InChI is InChI=1S/C14H17N3O3S/c1-9(16-20)10-3-5-11(6-4-10)17-13(18)12(7-8-21-2)15-14(17)19/h3-6,12,20H,7-8H2,1-2H3,(H,15,19)/b16-9+. The number of benzene rings is 1. The van der Waals surface area contributed by atoms with Crippen LogP contribution in [-0.4, -0.2) is 40.9 Å². The Kier molecular flexibility index (Phi) is 4.85. The molecule has 1 aromatic carbocycles. The van der Waals surface area contributed by atoms with Crippen LogP contribution in [0, 0.1) is 0 Å². The minimum absolute atomic E-state index is 0.227. The molecule has 1 fully saturated rings. The van der Waals surface area contributed by atoms with Crippen molar-refractivity contribution in [2.45, 2.75) is 19.4 Å². The summed E-state index contributed by atoms with van der Waals surface area (Å²) in [5.41, 5.74) is 1.71. The number of nitrogens with zero attached hydrogens (tertiary/aromatic N) is 2. The predicted octanol–water partition coefficient (Wildman–Crippen LogP) is 2.06. The van der Waals surface area contributed by atoms with Gasteiger partial charge in [0.05, 0.1) is 11.4 Å². The number of carbonyl (C=O) groups is 2. The second-order valence-electron chi connectivity index (χ2n) is 4.69. The first-order chi connectivity index (χ1) is 10.1. The normalized spacial score (nSPS) is 19.0. The van der Waals surface area contributed by atoms with Crippen LogP contribution in [0.5, 0.6) is 0 Å². The van der Waals surface area contributed by atoms with Gasteiger partial charge in [0.1, 0.15) is 6.04 Å². The second kappa shape index (κ2) is 6.62. The van der Waals surface area contributed by atoms with E-state index in [2.05, 4.69) is 10.5 Å². The summed E-state index contributed by atoms with van der Waals surface area (Å²) in [5.74, 6) is 0.588. The largest absolute Gasteiger partial charge is 0.411 e. The first kappa shape index (κ1) is 15.4. The highest BCUT2D eigenvalue weighted by molar-refractivity contribution is 7.98. The summed E-state index contributed by atoms with van der Waals surface area (Å²) in [7, 11) is 0. The van der Waals surface area contributed by atoms with E-state index in [1.54, 1.807) is 43.0 Å². The summed E-state index contributed by atoms with van der Waals surface area (Å²) < 4.78 is 0. The molecule has 1 aliphatic heterocycles. The van der Waals surface area contributed by atoms with Gasteiger partial charge in [0.25, 0.3) is 5.91 Å². The topological polar surface area (TPSA) is 82.0 Å². The molecule has 112 valence electrons. The van der Waals surface area contributed by atoms with Crippen LogP contribution in [0.1, 0.15) is 18.9 Å². The third-order valence-corrected chi connectivity index (χ3v) is 3.97. The van der Waals surface area contributed by atoms with Crippen LogP contribution in [-0.2, 0) is 4.79 Å². The molecule has 21 heavy (non-hydrogen) atoms. The Balaban J connectivity index is 2.18. The highest BCUT2D eigenvalue weighted by Crippen LogP contribution is 2.22. The lowest BCUT2D eigenvalue weighted by molar-refractivity contribution is -0.118. The third kappa shape index (κ3) is 3.18. The van der Waals surface area contributed by atoms with Crippen LogP contribution >= 0.6 is 11.8 Å². The number of imide groups is 1. The van der Waals surface area contributed by atoms with Gasteiger partial charge in [-0.25, -0.2) is 9.69 Å². The summed E-state index contributed by atoms with van der Waals surface area (Å²) in [6.45, 7) is 1.67. The molecule has 1 saturated heterocycles. The van der Waals surface area contributed by atoms with Gasteiger partial charge in [-0.1, -0.05) is 17.3 Å². The molecule has 0 bridgehead atoms. The van der Waals surface area contributed by atoms with E-state index in [-0.39, 0.29) is 5.91 Å². The van der Waals surface area contributed by atoms with E-state index in [0.29, 0.717) is 17.8 Å². The third-order valence-electron chi connectivity index (χ3n) is 3.32. The lowest BCUT2D eigenvalue weighted by Gasteiger charge is -2.13. The van der Waals surface area contributed by atoms with Crippen molar-refractivity contribution in [1.82, 2.24) is 5.32 Å². The maximum absolute atomic E-state index is 12.3. The molecule has 0 aliphatic carbocycles. The number of urea groups is 1. The van der Waals surface area contributed by atoms with E-state index in [0.717, 1.165) is 16.2 Å². The van der Waals surface area contributed by atoms with Crippen molar-refractivity contribution in [1.29, 1.82) is 0 Å². The molecule has 1 unspecified atom stereocenters. The van der Waals surface area contributed by atoms with Gasteiger partial charge in [-0.3, -0.25) is 4.79 Å². The van der Waals surface area contributed by atoms with Crippen LogP contribution in [0.15, 0.2) is 29.4 Å². The van der Waals surface area contributed by atoms with Crippen LogP contribution in [0.2, 0.25) is 0 Å². The van der Waals surface area contributed by atoms with Crippen LogP contribution in [0.25, 0.3) is 0 Å². The Morgan fingerprint density at radius 3 is 2.62 bits per heavy atom. The Labute approximate surface area is 127 Å². The lowest BCUT2D eigenvalue weighted by Crippen LogP contribution is -2.31. The van der Waals surface area contributed by atoms with Crippen molar-refractivity contribution in [3.63, 3.8) is 0 Å². The number of hydrogen-bond acceptors (Lipinski definition) is 5. The van der Waals surface area contributed by atoms with E-state index >= 15 is 0 Å². The van der Waals surface area contributed by atoms with Gasteiger partial charge in [0, 0.05) is 0 Å². The van der Waals surface area contributed by atoms with E-state index in [1.807, 2.05) is 6.26 Å². The van der Waals surface area contributed by atoms with Gasteiger partial charge in [-0.2, -0.15) is 11.8 Å². The summed E-state index contributed by atoms with van der Waals surface area (Å²) in [6.07, 6.45) is 2.58. The highest BCUT2D eigenvalue weighted by Gasteiger charge is 2.38. The molecular formula is C14H17N3O3S. The van der Waals surface area contributed by atoms with Crippen LogP contribution < -0.4 is 10.2 Å². The zero-order valence-corrected chi connectivity index (χ0v) is 12.7. The van der Waals surface area contributed by atoms with Crippen molar-refractivity contribution >= 4 is 35.1 Å². The number of nitrogens with one attached hydrogen (secondary N) is 1. The van der Waals surface area contributed by atoms with Crippen LogP contribution in [0.3, 0.4) is 0 Å². The van der Waals surface area contributed by atoms with Gasteiger partial charge in [0.2, 0.25) is 0 Å². The van der Waals surface area contributed by atoms with Crippen molar-refractivity contribution in [3.05, 3.63) is 29.8 Å². The number of hydrogen-bond donors (Lipinski definition) is 2. The Bertz CT molecular complexity index is 571. The van der Waals surface area contributed by atoms with E-state index in [4.69, 9.17) is 5.21 Å². The van der Waals surface area contributed by atoms with Gasteiger partial charge in [-0.05, 0) is 43.0 Å². The summed E-state index contributed by atoms with van der Waals surface area (Å²) in [5, 5.41) is 14.5. The fraction of sp³-hybridized carbons (Fsp3) is 0.357. The molecule has 1 heterocycles. The molecule has 2 rings (SSSR count). The molecule has 7 heteroatoms. The zero-order valence-electron chi connectivity index (χ0n) is 11.9. The van der Waals surface area contributed by atoms with Gasteiger partial charge >= 0.3 is 6.03 Å². The van der Waals surface area contributed by atoms with Crippen molar-refractivity contribution in [3.8, 4) is 0 Å². The maximum Gasteiger partial charge on any atom is 0.329 e. The molecule has 6 nitrogen and oxygen atoms in total. The molecule has 0 aromatic heterocycles. The number of oxime groups is 1. The molecular weight excluding hydrogens is 290 g/mol. The molecule has 1 aromatic rings. The van der Waals surface area contributed by atoms with E-state index < -0.39 is 12.1 Å². The Morgan fingerprint density at radius 1 is 1.38 bits per heavy atom. The molecule has 0 saturated carbocycles. The molecule has 1 atom stereocenters. The molecule has 3 amide bonds. The van der Waals surface area contributed by atoms with Crippen molar-refractivity contribution in [2.75, 3.05) is 16.9 Å². The maximum atomic E-state index is 12.3. The van der Waals surface area contributed by atoms with Crippen molar-refractivity contribution < 1.29 is 14.8 Å². The second-order valence-corrected chi connectivity index (χ2v) is 5.68. The SMILES string of the molecule is CSCCC1NC(=O)N(c2ccc(/C(C)=N/O)cc2)C1=O. The summed E-state index contributed by atoms with van der Waals surface area (Å²) in [4.78, 5) is 25.4. The molecule has 0 spiro atoms. The van der Waals surface area contributed by atoms with Gasteiger partial charge in [0.15, 0.2) is 0 Å². The average molecular weight is 307 g/mol. The van der Waals surface area contributed by atoms with E-state index in [9.17, 15) is 9.59 Å². The minimum atomic E-state index is -0.453. The monoisotopic (exact) mass is 307 g/mol. The number of amides is 3. The fourth-order valence-electron chi connectivity index (χ4n) is 2.12. The summed E-state index contributed by atoms with van der Waals surface area (Å²) >= 11 is 1.64. The molecule has 0 radical (unpaired) electrons. The quantitative estimate of drug-likeness (QED) is 0.377. The van der Waals surface area contributed by atoms with Crippen molar-refractivity contribution in [2.24, 2.45) is 5.16 Å². The smallest absolute Gasteiger partial charge is 0.329 e.